The van der Waals surface area contributed by atoms with Crippen molar-refractivity contribution in [1.29, 1.82) is 0 Å². The summed E-state index contributed by atoms with van der Waals surface area (Å²) in [5, 5.41) is 3.02. The normalized spacial score (nSPS) is 19.6. The zero-order valence-electron chi connectivity index (χ0n) is 23.1. The minimum atomic E-state index is -0.512. The number of nitrogens with one attached hydrogen (secondary N) is 1. The Bertz CT molecular complexity index is 1050. The van der Waals surface area contributed by atoms with Crippen molar-refractivity contribution in [3.8, 4) is 11.1 Å². The molecule has 0 unspecified atom stereocenters. The van der Waals surface area contributed by atoms with E-state index in [1.807, 2.05) is 20.8 Å². The van der Waals surface area contributed by atoms with Gasteiger partial charge in [-0.2, -0.15) is 0 Å². The molecule has 2 aromatic carbocycles. The third-order valence-electron chi connectivity index (χ3n) is 8.03. The van der Waals surface area contributed by atoms with Crippen LogP contribution in [-0.4, -0.2) is 48.1 Å². The lowest BCUT2D eigenvalue weighted by molar-refractivity contribution is -0.154. The second kappa shape index (κ2) is 11.8. The van der Waals surface area contributed by atoms with Crippen LogP contribution in [0.5, 0.6) is 0 Å². The van der Waals surface area contributed by atoms with Gasteiger partial charge in [-0.25, -0.2) is 0 Å². The van der Waals surface area contributed by atoms with Crippen molar-refractivity contribution in [3.05, 3.63) is 59.7 Å². The van der Waals surface area contributed by atoms with E-state index in [-0.39, 0.29) is 18.3 Å². The molecule has 1 aliphatic heterocycles. The maximum absolute atomic E-state index is 13.3. The monoisotopic (exact) mass is 504 g/mol. The number of hydrogen-bond donors (Lipinski definition) is 1. The Labute approximate surface area is 223 Å². The molecule has 37 heavy (non-hydrogen) atoms. The van der Waals surface area contributed by atoms with E-state index < -0.39 is 11.0 Å². The van der Waals surface area contributed by atoms with Crippen LogP contribution >= 0.6 is 0 Å². The molecule has 0 spiro atoms. The van der Waals surface area contributed by atoms with E-state index in [1.54, 1.807) is 0 Å². The topological polar surface area (TPSA) is 58.6 Å². The molecule has 1 amide bonds. The minimum absolute atomic E-state index is 0.0259. The van der Waals surface area contributed by atoms with Crippen LogP contribution in [-0.2, 0) is 26.2 Å². The summed E-state index contributed by atoms with van der Waals surface area (Å²) in [6.45, 7) is 10.6. The molecule has 1 saturated carbocycles. The fourth-order valence-electron chi connectivity index (χ4n) is 5.91. The standard InChI is InChI=1S/C32H44N2O3/c1-24-8-7-22-34(24)23-18-25-9-11-26(12-10-25)27-13-15-28(16-14-27)32(19-5-6-20-32)30(36)33-21-17-29(35)37-31(2,3)4/h9-16,24H,5-8,17-23H2,1-4H3,(H,33,36)/t24-/m1/s1. The van der Waals surface area contributed by atoms with Crippen LogP contribution in [0.4, 0.5) is 0 Å². The number of esters is 1. The second-order valence-electron chi connectivity index (χ2n) is 11.9. The van der Waals surface area contributed by atoms with Crippen molar-refractivity contribution in [1.82, 2.24) is 10.2 Å². The summed E-state index contributed by atoms with van der Waals surface area (Å²) in [4.78, 5) is 28.0. The highest BCUT2D eigenvalue weighted by Gasteiger charge is 2.42. The maximum atomic E-state index is 13.3. The van der Waals surface area contributed by atoms with E-state index in [1.165, 1.54) is 36.1 Å². The van der Waals surface area contributed by atoms with Gasteiger partial charge in [-0.1, -0.05) is 61.4 Å². The van der Waals surface area contributed by atoms with Gasteiger partial charge in [0.2, 0.25) is 5.91 Å². The van der Waals surface area contributed by atoms with Gasteiger partial charge in [0.1, 0.15) is 5.60 Å². The van der Waals surface area contributed by atoms with Crippen LogP contribution in [0.1, 0.15) is 83.8 Å². The Morgan fingerprint density at radius 3 is 2.16 bits per heavy atom. The van der Waals surface area contributed by atoms with E-state index in [4.69, 9.17) is 4.74 Å². The number of ether oxygens (including phenoxy) is 1. The molecule has 1 N–H and O–H groups in total. The molecule has 0 radical (unpaired) electrons. The molecule has 2 fully saturated rings. The molecule has 2 aliphatic rings. The van der Waals surface area contributed by atoms with Gasteiger partial charge >= 0.3 is 5.97 Å². The van der Waals surface area contributed by atoms with Gasteiger partial charge in [-0.3, -0.25) is 9.59 Å². The minimum Gasteiger partial charge on any atom is -0.460 e. The van der Waals surface area contributed by atoms with Gasteiger partial charge in [0.15, 0.2) is 0 Å². The molecule has 0 bridgehead atoms. The second-order valence-corrected chi connectivity index (χ2v) is 11.9. The lowest BCUT2D eigenvalue weighted by atomic mass is 9.77. The Kier molecular flexibility index (Phi) is 8.74. The first kappa shape index (κ1) is 27.4. The Hall–Kier alpha value is -2.66. The van der Waals surface area contributed by atoms with Crippen LogP contribution in [0, 0.1) is 0 Å². The van der Waals surface area contributed by atoms with E-state index in [0.29, 0.717) is 12.6 Å². The van der Waals surface area contributed by atoms with Crippen molar-refractivity contribution in [2.24, 2.45) is 0 Å². The molecular weight excluding hydrogens is 460 g/mol. The van der Waals surface area contributed by atoms with Gasteiger partial charge in [-0.05, 0) is 88.6 Å². The number of carbonyl (C=O) groups excluding carboxylic acids is 2. The highest BCUT2D eigenvalue weighted by molar-refractivity contribution is 5.89. The van der Waals surface area contributed by atoms with Crippen LogP contribution in [0.3, 0.4) is 0 Å². The van der Waals surface area contributed by atoms with Crippen LogP contribution in [0.15, 0.2) is 48.5 Å². The molecular formula is C32H44N2O3. The van der Waals surface area contributed by atoms with Crippen molar-refractivity contribution in [2.75, 3.05) is 19.6 Å². The van der Waals surface area contributed by atoms with Gasteiger partial charge in [0, 0.05) is 19.1 Å². The predicted octanol–water partition coefficient (Wildman–Crippen LogP) is 6.04. The van der Waals surface area contributed by atoms with Gasteiger partial charge in [0.05, 0.1) is 11.8 Å². The van der Waals surface area contributed by atoms with Gasteiger partial charge in [-0.15, -0.1) is 0 Å². The number of likely N-dealkylation sites (tertiary alicyclic amines) is 1. The summed E-state index contributed by atoms with van der Waals surface area (Å²) >= 11 is 0. The Balaban J connectivity index is 1.36. The zero-order chi connectivity index (χ0) is 26.5. The molecule has 1 aliphatic carbocycles. The summed E-state index contributed by atoms with van der Waals surface area (Å²) in [7, 11) is 0. The molecule has 1 heterocycles. The molecule has 1 saturated heterocycles. The van der Waals surface area contributed by atoms with E-state index in [0.717, 1.165) is 44.2 Å². The number of carbonyl (C=O) groups is 2. The van der Waals surface area contributed by atoms with Crippen LogP contribution < -0.4 is 5.32 Å². The fraction of sp³-hybridized carbons (Fsp3) is 0.562. The molecule has 1 atom stereocenters. The fourth-order valence-corrected chi connectivity index (χ4v) is 5.91. The molecule has 5 nitrogen and oxygen atoms in total. The van der Waals surface area contributed by atoms with Gasteiger partial charge in [0.25, 0.3) is 0 Å². The molecule has 200 valence electrons. The van der Waals surface area contributed by atoms with Crippen molar-refractivity contribution in [2.45, 2.75) is 96.1 Å². The number of benzene rings is 2. The highest BCUT2D eigenvalue weighted by atomic mass is 16.6. The third kappa shape index (κ3) is 7.01. The third-order valence-corrected chi connectivity index (χ3v) is 8.03. The van der Waals surface area contributed by atoms with Crippen molar-refractivity contribution >= 4 is 11.9 Å². The Morgan fingerprint density at radius 1 is 0.973 bits per heavy atom. The van der Waals surface area contributed by atoms with E-state index in [2.05, 4.69) is 65.7 Å². The number of rotatable bonds is 9. The molecule has 4 rings (SSSR count). The largest absolute Gasteiger partial charge is 0.460 e. The predicted molar refractivity (Wildman–Crippen MR) is 149 cm³/mol. The van der Waals surface area contributed by atoms with E-state index in [9.17, 15) is 9.59 Å². The quantitative estimate of drug-likeness (QED) is 0.423. The zero-order valence-corrected chi connectivity index (χ0v) is 23.1. The highest BCUT2D eigenvalue weighted by Crippen LogP contribution is 2.42. The summed E-state index contributed by atoms with van der Waals surface area (Å²) in [6.07, 6.45) is 7.69. The first-order chi connectivity index (χ1) is 17.7. The SMILES string of the molecule is C[C@@H]1CCCN1CCc1ccc(-c2ccc(C3(C(=O)NCCC(=O)OC(C)(C)C)CCCC3)cc2)cc1. The van der Waals surface area contributed by atoms with Gasteiger partial charge < -0.3 is 15.0 Å². The van der Waals surface area contributed by atoms with Crippen molar-refractivity contribution in [3.63, 3.8) is 0 Å². The summed E-state index contributed by atoms with van der Waals surface area (Å²) < 4.78 is 5.37. The first-order valence-corrected chi connectivity index (χ1v) is 14.1. The number of nitrogens with zero attached hydrogens (tertiary/aromatic N) is 1. The smallest absolute Gasteiger partial charge is 0.308 e. The maximum Gasteiger partial charge on any atom is 0.308 e. The average molecular weight is 505 g/mol. The number of hydrogen-bond acceptors (Lipinski definition) is 4. The molecule has 0 aromatic heterocycles. The first-order valence-electron chi connectivity index (χ1n) is 14.1. The molecule has 2 aromatic rings. The molecule has 5 heteroatoms. The number of amides is 1. The van der Waals surface area contributed by atoms with Crippen molar-refractivity contribution < 1.29 is 14.3 Å². The average Bonchev–Trinajstić information content (AvgIpc) is 3.52. The van der Waals surface area contributed by atoms with E-state index >= 15 is 0 Å². The lowest BCUT2D eigenvalue weighted by Gasteiger charge is -2.28. The van der Waals surface area contributed by atoms with Crippen LogP contribution in [0.2, 0.25) is 0 Å². The summed E-state index contributed by atoms with van der Waals surface area (Å²) in [6, 6.07) is 18.2. The summed E-state index contributed by atoms with van der Waals surface area (Å²) in [5.74, 6) is -0.257. The Morgan fingerprint density at radius 2 is 1.59 bits per heavy atom. The van der Waals surface area contributed by atoms with Crippen LogP contribution in [0.25, 0.3) is 11.1 Å². The summed E-state index contributed by atoms with van der Waals surface area (Å²) in [5.41, 5.74) is 3.80. The lowest BCUT2D eigenvalue weighted by Crippen LogP contribution is -2.43.